The Morgan fingerprint density at radius 3 is 0.519 bits per heavy atom. The van der Waals surface area contributed by atoms with Crippen molar-refractivity contribution in [1.29, 1.82) is 0 Å². The molecule has 0 heterocycles. The second-order valence-corrected chi connectivity index (χ2v) is 16.5. The van der Waals surface area contributed by atoms with Crippen LogP contribution in [0.3, 0.4) is 0 Å². The van der Waals surface area contributed by atoms with E-state index < -0.39 is 11.9 Å². The van der Waals surface area contributed by atoms with Gasteiger partial charge >= 0.3 is 11.9 Å². The number of hydrogen-bond donors (Lipinski definition) is 2. The minimum Gasteiger partial charge on any atom is -0.478 e. The maximum atomic E-state index is 12.0. The quantitative estimate of drug-likeness (QED) is 0.0483. The molecule has 0 fully saturated rings. The highest BCUT2D eigenvalue weighted by atomic mass is 16.4. The lowest BCUT2D eigenvalue weighted by Gasteiger charge is -2.10. The van der Waals surface area contributed by atoms with Crippen LogP contribution >= 0.6 is 0 Å². The van der Waals surface area contributed by atoms with Crippen molar-refractivity contribution in [3.63, 3.8) is 0 Å². The maximum Gasteiger partial charge on any atom is 0.332 e. The Morgan fingerprint density at radius 2 is 0.385 bits per heavy atom. The van der Waals surface area contributed by atoms with Gasteiger partial charge < -0.3 is 10.2 Å². The van der Waals surface area contributed by atoms with Crippen LogP contribution in [-0.2, 0) is 9.59 Å². The highest BCUT2D eigenvalue weighted by Crippen LogP contribution is 2.22. The van der Waals surface area contributed by atoms with E-state index >= 15 is 0 Å². The second-order valence-electron chi connectivity index (χ2n) is 16.5. The third-order valence-corrected chi connectivity index (χ3v) is 11.4. The predicted molar refractivity (Wildman–Crippen MR) is 228 cm³/mol. The molecule has 0 aromatic heterocycles. The van der Waals surface area contributed by atoms with Gasteiger partial charge in [0.25, 0.3) is 0 Å². The molecule has 0 atom stereocenters. The van der Waals surface area contributed by atoms with E-state index in [-0.39, 0.29) is 11.1 Å². The summed E-state index contributed by atoms with van der Waals surface area (Å²) in [6.45, 7) is 4.57. The molecule has 2 N–H and O–H groups in total. The molecule has 0 aromatic rings. The summed E-state index contributed by atoms with van der Waals surface area (Å²) < 4.78 is 0. The summed E-state index contributed by atoms with van der Waals surface area (Å²) in [6.07, 6.45) is 53.4. The van der Waals surface area contributed by atoms with Gasteiger partial charge in [-0.2, -0.15) is 0 Å². The second kappa shape index (κ2) is 42.4. The molecule has 0 bridgehead atoms. The normalized spacial score (nSPS) is 12.0. The minimum absolute atomic E-state index is 0.146. The average Bonchev–Trinajstić information content (AvgIpc) is 3.13. The van der Waals surface area contributed by atoms with E-state index in [0.717, 1.165) is 38.5 Å². The molecule has 0 unspecified atom stereocenters. The first-order valence-corrected chi connectivity index (χ1v) is 23.7. The van der Waals surface area contributed by atoms with Gasteiger partial charge in [-0.05, 0) is 25.7 Å². The van der Waals surface area contributed by atoms with Gasteiger partial charge in [0.15, 0.2) is 0 Å². The summed E-state index contributed by atoms with van der Waals surface area (Å²) in [6, 6.07) is 0. The Balaban J connectivity index is 3.73. The molecular weight excluding hydrogens is 641 g/mol. The van der Waals surface area contributed by atoms with Crippen LogP contribution in [0.1, 0.15) is 284 Å². The predicted octanol–water partition coefficient (Wildman–Crippen LogP) is 16.9. The van der Waals surface area contributed by atoms with Crippen molar-refractivity contribution in [2.75, 3.05) is 0 Å². The van der Waals surface area contributed by atoms with E-state index in [2.05, 4.69) is 13.8 Å². The summed E-state index contributed by atoms with van der Waals surface area (Å²) in [7, 11) is 0. The molecule has 0 rings (SSSR count). The van der Waals surface area contributed by atoms with Crippen LogP contribution in [0.2, 0.25) is 0 Å². The van der Waals surface area contributed by atoms with E-state index in [9.17, 15) is 19.8 Å². The Kier molecular flexibility index (Phi) is 41.3. The van der Waals surface area contributed by atoms with Crippen molar-refractivity contribution in [3.05, 3.63) is 11.1 Å². The summed E-state index contributed by atoms with van der Waals surface area (Å²) in [5, 5.41) is 19.6. The zero-order chi connectivity index (χ0) is 38.0. The lowest BCUT2D eigenvalue weighted by Crippen LogP contribution is -2.12. The number of aliphatic carboxylic acids is 2. The standard InChI is InChI=1S/C48H92O4/c1-3-5-7-9-11-13-15-17-19-21-23-25-27-29-31-33-35-37-39-41-43-45(47(49)50)46(48(51)52)44-42-40-38-36-34-32-30-28-26-24-22-20-18-16-14-12-10-8-6-4-2/h3-44H2,1-2H3,(H,49,50)(H,51,52). The summed E-state index contributed by atoms with van der Waals surface area (Å²) in [5.41, 5.74) is 0.292. The minimum atomic E-state index is -1.04. The van der Waals surface area contributed by atoms with E-state index in [1.165, 1.54) is 218 Å². The molecule has 0 amide bonds. The van der Waals surface area contributed by atoms with Crippen LogP contribution in [-0.4, -0.2) is 22.2 Å². The first kappa shape index (κ1) is 50.7. The van der Waals surface area contributed by atoms with Crippen LogP contribution in [0.25, 0.3) is 0 Å². The largest absolute Gasteiger partial charge is 0.478 e. The number of rotatable bonds is 44. The molecule has 0 saturated heterocycles. The highest BCUT2D eigenvalue weighted by Gasteiger charge is 2.19. The number of carboxylic acid groups (broad SMARTS) is 2. The molecule has 308 valence electrons. The lowest BCUT2D eigenvalue weighted by atomic mass is 9.96. The molecular formula is C48H92O4. The summed E-state index contributed by atoms with van der Waals surface area (Å²) in [5.74, 6) is -2.08. The Morgan fingerprint density at radius 1 is 0.250 bits per heavy atom. The van der Waals surface area contributed by atoms with Crippen molar-refractivity contribution in [1.82, 2.24) is 0 Å². The van der Waals surface area contributed by atoms with Gasteiger partial charge in [0.2, 0.25) is 0 Å². The van der Waals surface area contributed by atoms with Crippen molar-refractivity contribution < 1.29 is 19.8 Å². The third-order valence-electron chi connectivity index (χ3n) is 11.4. The van der Waals surface area contributed by atoms with E-state index in [4.69, 9.17) is 0 Å². The smallest absolute Gasteiger partial charge is 0.332 e. The van der Waals surface area contributed by atoms with Gasteiger partial charge in [-0.25, -0.2) is 9.59 Å². The molecule has 0 aromatic carbocycles. The van der Waals surface area contributed by atoms with Crippen LogP contribution in [0.15, 0.2) is 11.1 Å². The van der Waals surface area contributed by atoms with Crippen LogP contribution in [0.4, 0.5) is 0 Å². The molecule has 0 aliphatic heterocycles. The number of carboxylic acids is 2. The molecule has 0 spiro atoms. The van der Waals surface area contributed by atoms with Gasteiger partial charge in [-0.1, -0.05) is 258 Å². The van der Waals surface area contributed by atoms with Crippen molar-refractivity contribution >= 4 is 11.9 Å². The molecule has 0 aliphatic carbocycles. The van der Waals surface area contributed by atoms with Gasteiger partial charge in [-0.15, -0.1) is 0 Å². The number of hydrogen-bond acceptors (Lipinski definition) is 2. The molecule has 4 nitrogen and oxygen atoms in total. The first-order valence-electron chi connectivity index (χ1n) is 23.7. The SMILES string of the molecule is CCCCCCCCCCCCCCCCCCCCCCC(C(=O)O)=C(CCCCCCCCCCCCCCCCCCCCCC)C(=O)O. The maximum absolute atomic E-state index is 12.0. The fourth-order valence-electron chi connectivity index (χ4n) is 7.89. The fourth-order valence-corrected chi connectivity index (χ4v) is 7.89. The van der Waals surface area contributed by atoms with E-state index in [1.54, 1.807) is 0 Å². The molecule has 52 heavy (non-hydrogen) atoms. The zero-order valence-electron chi connectivity index (χ0n) is 35.4. The van der Waals surface area contributed by atoms with Crippen molar-refractivity contribution in [2.45, 2.75) is 284 Å². The molecule has 4 heteroatoms. The van der Waals surface area contributed by atoms with Crippen LogP contribution in [0, 0.1) is 0 Å². The van der Waals surface area contributed by atoms with Gasteiger partial charge in [-0.3, -0.25) is 0 Å². The highest BCUT2D eigenvalue weighted by molar-refractivity contribution is 5.98. The fraction of sp³-hybridized carbons (Fsp3) is 0.917. The van der Waals surface area contributed by atoms with Crippen molar-refractivity contribution in [3.8, 4) is 0 Å². The molecule has 0 aliphatic rings. The third kappa shape index (κ3) is 37.0. The lowest BCUT2D eigenvalue weighted by molar-refractivity contribution is -0.136. The average molecular weight is 733 g/mol. The number of unbranched alkanes of at least 4 members (excludes halogenated alkanes) is 38. The molecule has 0 radical (unpaired) electrons. The molecule has 0 saturated carbocycles. The van der Waals surface area contributed by atoms with Crippen LogP contribution < -0.4 is 0 Å². The topological polar surface area (TPSA) is 74.6 Å². The van der Waals surface area contributed by atoms with E-state index in [1.807, 2.05) is 0 Å². The zero-order valence-corrected chi connectivity index (χ0v) is 35.4. The van der Waals surface area contributed by atoms with Gasteiger partial charge in [0, 0.05) is 11.1 Å². The summed E-state index contributed by atoms with van der Waals surface area (Å²) >= 11 is 0. The van der Waals surface area contributed by atoms with E-state index in [0.29, 0.717) is 12.8 Å². The Bertz CT molecular complexity index is 723. The Hall–Kier alpha value is -1.32. The number of carbonyl (C=O) groups is 2. The Labute approximate surface area is 325 Å². The van der Waals surface area contributed by atoms with Crippen molar-refractivity contribution in [2.24, 2.45) is 0 Å². The monoisotopic (exact) mass is 733 g/mol. The summed E-state index contributed by atoms with van der Waals surface area (Å²) in [4.78, 5) is 23.9. The first-order chi connectivity index (χ1) is 25.5. The van der Waals surface area contributed by atoms with Gasteiger partial charge in [0.1, 0.15) is 0 Å². The van der Waals surface area contributed by atoms with Gasteiger partial charge in [0.05, 0.1) is 0 Å². The van der Waals surface area contributed by atoms with Crippen LogP contribution in [0.5, 0.6) is 0 Å².